The van der Waals surface area contributed by atoms with Crippen molar-refractivity contribution in [2.45, 2.75) is 18.9 Å². The van der Waals surface area contributed by atoms with Crippen LogP contribution in [-0.2, 0) is 4.79 Å². The average molecular weight is 262 g/mol. The van der Waals surface area contributed by atoms with Gasteiger partial charge in [0.15, 0.2) is 0 Å². The van der Waals surface area contributed by atoms with Gasteiger partial charge in [-0.25, -0.2) is 0 Å². The number of hydrogen-bond donors (Lipinski definition) is 2. The predicted octanol–water partition coefficient (Wildman–Crippen LogP) is 3.31. The third kappa shape index (κ3) is 3.18. The lowest BCUT2D eigenvalue weighted by Crippen LogP contribution is -2.02. The van der Waals surface area contributed by atoms with Crippen molar-refractivity contribution in [3.05, 3.63) is 47.3 Å². The first-order valence-electron chi connectivity index (χ1n) is 5.70. The van der Waals surface area contributed by atoms with Crippen LogP contribution in [0.15, 0.2) is 41.8 Å². The minimum atomic E-state index is -0.885. The quantitative estimate of drug-likeness (QED) is 0.869. The summed E-state index contributed by atoms with van der Waals surface area (Å²) in [6.45, 7) is 0. The monoisotopic (exact) mass is 262 g/mol. The molecule has 2 rings (SSSR count). The third-order valence-corrected chi connectivity index (χ3v) is 3.65. The Morgan fingerprint density at radius 2 is 1.94 bits per heavy atom. The Bertz CT molecular complexity index is 502. The minimum Gasteiger partial charge on any atom is -0.481 e. The van der Waals surface area contributed by atoms with Crippen LogP contribution in [0.4, 0.5) is 0 Å². The van der Waals surface area contributed by atoms with Crippen LogP contribution in [0.3, 0.4) is 0 Å². The summed E-state index contributed by atoms with van der Waals surface area (Å²) in [6, 6.07) is 11.6. The Labute approximate surface area is 109 Å². The Morgan fingerprint density at radius 1 is 1.22 bits per heavy atom. The molecule has 0 spiro atoms. The van der Waals surface area contributed by atoms with Crippen LogP contribution >= 0.6 is 11.3 Å². The van der Waals surface area contributed by atoms with E-state index in [4.69, 9.17) is 5.11 Å². The Balaban J connectivity index is 2.05. The zero-order valence-corrected chi connectivity index (χ0v) is 10.6. The topological polar surface area (TPSA) is 57.5 Å². The molecule has 0 saturated carbocycles. The lowest BCUT2D eigenvalue weighted by Gasteiger charge is -2.10. The average Bonchev–Trinajstić information content (AvgIpc) is 2.90. The van der Waals surface area contributed by atoms with Gasteiger partial charge in [0, 0.05) is 11.3 Å². The molecule has 3 nitrogen and oxygen atoms in total. The van der Waals surface area contributed by atoms with E-state index in [9.17, 15) is 9.90 Å². The van der Waals surface area contributed by atoms with E-state index in [1.165, 1.54) is 4.88 Å². The molecule has 1 heterocycles. The van der Waals surface area contributed by atoms with Crippen LogP contribution in [0, 0.1) is 0 Å². The number of carboxylic acids is 1. The Hall–Kier alpha value is -1.65. The van der Waals surface area contributed by atoms with E-state index in [1.54, 1.807) is 11.3 Å². The summed E-state index contributed by atoms with van der Waals surface area (Å²) in [5, 5.41) is 20.4. The van der Waals surface area contributed by atoms with E-state index in [-0.39, 0.29) is 12.8 Å². The second kappa shape index (κ2) is 5.80. The third-order valence-electron chi connectivity index (χ3n) is 2.73. The summed E-state index contributed by atoms with van der Waals surface area (Å²) < 4.78 is 0. The fourth-order valence-corrected chi connectivity index (χ4v) is 2.47. The van der Waals surface area contributed by atoms with Crippen molar-refractivity contribution >= 4 is 17.3 Å². The first-order valence-corrected chi connectivity index (χ1v) is 6.58. The van der Waals surface area contributed by atoms with Crippen LogP contribution < -0.4 is 0 Å². The smallest absolute Gasteiger partial charge is 0.303 e. The van der Waals surface area contributed by atoms with Crippen molar-refractivity contribution in [1.82, 2.24) is 0 Å². The highest BCUT2D eigenvalue weighted by molar-refractivity contribution is 7.13. The second-order valence-corrected chi connectivity index (χ2v) is 5.00. The lowest BCUT2D eigenvalue weighted by molar-refractivity contribution is -0.137. The fourth-order valence-electron chi connectivity index (χ4n) is 1.74. The van der Waals surface area contributed by atoms with Gasteiger partial charge in [-0.05, 0) is 29.0 Å². The van der Waals surface area contributed by atoms with E-state index >= 15 is 0 Å². The van der Waals surface area contributed by atoms with E-state index in [2.05, 4.69) is 0 Å². The van der Waals surface area contributed by atoms with Crippen LogP contribution in [0.5, 0.6) is 0 Å². The molecule has 1 atom stereocenters. The zero-order chi connectivity index (χ0) is 13.0. The van der Waals surface area contributed by atoms with Gasteiger partial charge in [0.2, 0.25) is 0 Å². The van der Waals surface area contributed by atoms with Gasteiger partial charge in [0.05, 0.1) is 6.10 Å². The Kier molecular flexibility index (Phi) is 4.12. The van der Waals surface area contributed by atoms with Gasteiger partial charge in [0.1, 0.15) is 0 Å². The molecule has 0 aliphatic rings. The molecule has 1 aromatic heterocycles. The van der Waals surface area contributed by atoms with Crippen LogP contribution in [0.25, 0.3) is 10.4 Å². The highest BCUT2D eigenvalue weighted by Crippen LogP contribution is 2.27. The number of thiophene rings is 1. The number of aliphatic hydroxyl groups excluding tert-OH is 1. The molecule has 0 aliphatic heterocycles. The SMILES string of the molecule is O=C(O)CCC(O)c1ccc(-c2cccs2)cc1. The molecule has 0 amide bonds. The van der Waals surface area contributed by atoms with Crippen molar-refractivity contribution in [2.75, 3.05) is 0 Å². The van der Waals surface area contributed by atoms with Gasteiger partial charge in [-0.15, -0.1) is 11.3 Å². The minimum absolute atomic E-state index is 0.0200. The number of hydrogen-bond acceptors (Lipinski definition) is 3. The van der Waals surface area contributed by atoms with E-state index in [1.807, 2.05) is 41.8 Å². The summed E-state index contributed by atoms with van der Waals surface area (Å²) >= 11 is 1.66. The number of aliphatic hydroxyl groups is 1. The number of carbonyl (C=O) groups is 1. The number of rotatable bonds is 5. The molecule has 0 aliphatic carbocycles. The van der Waals surface area contributed by atoms with Gasteiger partial charge < -0.3 is 10.2 Å². The van der Waals surface area contributed by atoms with Gasteiger partial charge >= 0.3 is 5.97 Å². The maximum absolute atomic E-state index is 10.4. The molecule has 4 heteroatoms. The van der Waals surface area contributed by atoms with E-state index < -0.39 is 12.1 Å². The maximum atomic E-state index is 10.4. The molecule has 0 saturated heterocycles. The van der Waals surface area contributed by atoms with Crippen molar-refractivity contribution in [3.63, 3.8) is 0 Å². The van der Waals surface area contributed by atoms with Crippen LogP contribution in [-0.4, -0.2) is 16.2 Å². The van der Waals surface area contributed by atoms with Crippen molar-refractivity contribution in [3.8, 4) is 10.4 Å². The van der Waals surface area contributed by atoms with Crippen LogP contribution in [0.1, 0.15) is 24.5 Å². The highest BCUT2D eigenvalue weighted by Gasteiger charge is 2.10. The molecule has 0 radical (unpaired) electrons. The molecule has 0 bridgehead atoms. The second-order valence-electron chi connectivity index (χ2n) is 4.05. The summed E-state index contributed by atoms with van der Waals surface area (Å²) in [6.07, 6.45) is -0.486. The standard InChI is InChI=1S/C14H14O3S/c15-12(7-8-14(16)17)10-3-5-11(6-4-10)13-2-1-9-18-13/h1-6,9,12,15H,7-8H2,(H,16,17). The summed E-state index contributed by atoms with van der Waals surface area (Å²) in [5.41, 5.74) is 1.87. The summed E-state index contributed by atoms with van der Waals surface area (Å²) in [5.74, 6) is -0.885. The molecule has 2 N–H and O–H groups in total. The molecule has 94 valence electrons. The van der Waals surface area contributed by atoms with E-state index in [0.29, 0.717) is 0 Å². The molecule has 18 heavy (non-hydrogen) atoms. The maximum Gasteiger partial charge on any atom is 0.303 e. The molecule has 0 fully saturated rings. The molecule has 2 aromatic rings. The lowest BCUT2D eigenvalue weighted by atomic mass is 10.0. The van der Waals surface area contributed by atoms with Crippen molar-refractivity contribution < 1.29 is 15.0 Å². The van der Waals surface area contributed by atoms with Crippen molar-refractivity contribution in [2.24, 2.45) is 0 Å². The van der Waals surface area contributed by atoms with E-state index in [0.717, 1.165) is 11.1 Å². The Morgan fingerprint density at radius 3 is 2.50 bits per heavy atom. The predicted molar refractivity (Wildman–Crippen MR) is 71.6 cm³/mol. The van der Waals surface area contributed by atoms with Crippen molar-refractivity contribution in [1.29, 1.82) is 0 Å². The van der Waals surface area contributed by atoms with Gasteiger partial charge in [-0.3, -0.25) is 4.79 Å². The summed E-state index contributed by atoms with van der Waals surface area (Å²) in [7, 11) is 0. The first-order chi connectivity index (χ1) is 8.66. The number of benzene rings is 1. The highest BCUT2D eigenvalue weighted by atomic mass is 32.1. The molecule has 1 aromatic carbocycles. The van der Waals surface area contributed by atoms with Gasteiger partial charge in [-0.2, -0.15) is 0 Å². The summed E-state index contributed by atoms with van der Waals surface area (Å²) in [4.78, 5) is 11.6. The molecular formula is C14H14O3S. The largest absolute Gasteiger partial charge is 0.481 e. The van der Waals surface area contributed by atoms with Gasteiger partial charge in [0.25, 0.3) is 0 Å². The molecular weight excluding hydrogens is 248 g/mol. The van der Waals surface area contributed by atoms with Gasteiger partial charge in [-0.1, -0.05) is 30.3 Å². The van der Waals surface area contributed by atoms with Crippen LogP contribution in [0.2, 0.25) is 0 Å². The first kappa shape index (κ1) is 12.8. The number of carboxylic acid groups (broad SMARTS) is 1. The number of aliphatic carboxylic acids is 1. The zero-order valence-electron chi connectivity index (χ0n) is 9.74. The normalized spacial score (nSPS) is 12.3. The fraction of sp³-hybridized carbons (Fsp3) is 0.214. The molecule has 1 unspecified atom stereocenters.